The maximum absolute atomic E-state index is 4.11. The van der Waals surface area contributed by atoms with Gasteiger partial charge in [-0.15, -0.1) is 0 Å². The van der Waals surface area contributed by atoms with Crippen molar-refractivity contribution in [3.05, 3.63) is 24.3 Å². The van der Waals surface area contributed by atoms with E-state index in [1.54, 1.807) is 0 Å². The second-order valence-electron chi connectivity index (χ2n) is 5.68. The molecule has 1 heterocycles. The zero-order valence-electron chi connectivity index (χ0n) is 10.7. The van der Waals surface area contributed by atoms with Crippen LogP contribution in [0.1, 0.15) is 45.4 Å². The van der Waals surface area contributed by atoms with E-state index in [0.717, 1.165) is 6.54 Å². The Balaban J connectivity index is 1.85. The standard InChI is InChI=1S/C15H25N/c1-3-7-14(2)12-16-11-10-15(13-16)8-5-4-6-9-15/h3,7H,2,4-6,8-13H2,1H3/b7-3-. The Bertz CT molecular complexity index is 271. The number of hydrogen-bond acceptors (Lipinski definition) is 1. The van der Waals surface area contributed by atoms with Crippen LogP contribution in [0, 0.1) is 5.41 Å². The van der Waals surface area contributed by atoms with Crippen molar-refractivity contribution >= 4 is 0 Å². The maximum atomic E-state index is 4.11. The Morgan fingerprint density at radius 2 is 2.00 bits per heavy atom. The molecule has 0 bridgehead atoms. The summed E-state index contributed by atoms with van der Waals surface area (Å²) < 4.78 is 0. The van der Waals surface area contributed by atoms with Crippen molar-refractivity contribution in [2.45, 2.75) is 45.4 Å². The lowest BCUT2D eigenvalue weighted by molar-refractivity contribution is 0.190. The van der Waals surface area contributed by atoms with Crippen LogP contribution in [0.2, 0.25) is 0 Å². The highest BCUT2D eigenvalue weighted by Gasteiger charge is 2.38. The van der Waals surface area contributed by atoms with E-state index in [2.05, 4.69) is 30.6 Å². The summed E-state index contributed by atoms with van der Waals surface area (Å²) in [7, 11) is 0. The summed E-state index contributed by atoms with van der Waals surface area (Å²) in [6, 6.07) is 0. The third kappa shape index (κ3) is 2.76. The Hall–Kier alpha value is -0.560. The molecular weight excluding hydrogens is 194 g/mol. The van der Waals surface area contributed by atoms with Gasteiger partial charge < -0.3 is 0 Å². The van der Waals surface area contributed by atoms with Crippen LogP contribution in [-0.2, 0) is 0 Å². The molecule has 1 aliphatic heterocycles. The molecule has 2 fully saturated rings. The molecule has 1 heteroatoms. The lowest BCUT2D eigenvalue weighted by atomic mass is 9.73. The van der Waals surface area contributed by atoms with Gasteiger partial charge in [0.2, 0.25) is 0 Å². The van der Waals surface area contributed by atoms with Crippen LogP contribution in [-0.4, -0.2) is 24.5 Å². The van der Waals surface area contributed by atoms with Gasteiger partial charge in [0.1, 0.15) is 0 Å². The molecule has 0 amide bonds. The number of hydrogen-bond donors (Lipinski definition) is 0. The van der Waals surface area contributed by atoms with Crippen molar-refractivity contribution in [2.75, 3.05) is 19.6 Å². The van der Waals surface area contributed by atoms with E-state index in [-0.39, 0.29) is 0 Å². The van der Waals surface area contributed by atoms with E-state index in [9.17, 15) is 0 Å². The molecule has 2 aliphatic rings. The predicted molar refractivity (Wildman–Crippen MR) is 70.5 cm³/mol. The number of rotatable bonds is 3. The fraction of sp³-hybridized carbons (Fsp3) is 0.733. The number of likely N-dealkylation sites (tertiary alicyclic amines) is 1. The maximum Gasteiger partial charge on any atom is 0.0227 e. The van der Waals surface area contributed by atoms with E-state index in [1.165, 1.54) is 57.2 Å². The average molecular weight is 219 g/mol. The molecular formula is C15H25N. The zero-order chi connectivity index (χ0) is 11.4. The van der Waals surface area contributed by atoms with E-state index in [1.807, 2.05) is 0 Å². The first kappa shape index (κ1) is 11.9. The van der Waals surface area contributed by atoms with Crippen molar-refractivity contribution in [3.8, 4) is 0 Å². The summed E-state index contributed by atoms with van der Waals surface area (Å²) in [6.07, 6.45) is 13.0. The summed E-state index contributed by atoms with van der Waals surface area (Å²) in [5.41, 5.74) is 1.95. The van der Waals surface area contributed by atoms with Gasteiger partial charge in [-0.25, -0.2) is 0 Å². The van der Waals surface area contributed by atoms with Crippen LogP contribution >= 0.6 is 0 Å². The molecule has 0 atom stereocenters. The van der Waals surface area contributed by atoms with Crippen LogP contribution < -0.4 is 0 Å². The molecule has 0 unspecified atom stereocenters. The second-order valence-corrected chi connectivity index (χ2v) is 5.68. The molecule has 0 N–H and O–H groups in total. The van der Waals surface area contributed by atoms with Gasteiger partial charge in [0, 0.05) is 13.1 Å². The van der Waals surface area contributed by atoms with Gasteiger partial charge in [-0.05, 0) is 43.7 Å². The summed E-state index contributed by atoms with van der Waals surface area (Å²) in [5.74, 6) is 0. The SMILES string of the molecule is C=C(/C=C\C)CN1CCC2(CCCCC2)C1. The van der Waals surface area contributed by atoms with Gasteiger partial charge in [0.15, 0.2) is 0 Å². The molecule has 90 valence electrons. The third-order valence-corrected chi connectivity index (χ3v) is 4.26. The largest absolute Gasteiger partial charge is 0.299 e. The molecule has 1 saturated carbocycles. The van der Waals surface area contributed by atoms with Gasteiger partial charge in [0.05, 0.1) is 0 Å². The summed E-state index contributed by atoms with van der Waals surface area (Å²) >= 11 is 0. The normalized spacial score (nSPS) is 25.6. The van der Waals surface area contributed by atoms with E-state index >= 15 is 0 Å². The predicted octanol–water partition coefficient (Wildman–Crippen LogP) is 3.77. The molecule has 16 heavy (non-hydrogen) atoms. The molecule has 1 aliphatic carbocycles. The first-order chi connectivity index (χ1) is 7.74. The van der Waals surface area contributed by atoms with Crippen molar-refractivity contribution < 1.29 is 0 Å². The van der Waals surface area contributed by atoms with E-state index in [4.69, 9.17) is 0 Å². The van der Waals surface area contributed by atoms with Gasteiger partial charge in [-0.3, -0.25) is 4.90 Å². The van der Waals surface area contributed by atoms with Crippen molar-refractivity contribution in [2.24, 2.45) is 5.41 Å². The van der Waals surface area contributed by atoms with Gasteiger partial charge in [0.25, 0.3) is 0 Å². The molecule has 0 aromatic carbocycles. The topological polar surface area (TPSA) is 3.24 Å². The molecule has 1 nitrogen and oxygen atoms in total. The van der Waals surface area contributed by atoms with E-state index in [0.29, 0.717) is 5.41 Å². The Morgan fingerprint density at radius 1 is 1.25 bits per heavy atom. The quantitative estimate of drug-likeness (QED) is 0.653. The Morgan fingerprint density at radius 3 is 2.69 bits per heavy atom. The highest BCUT2D eigenvalue weighted by atomic mass is 15.2. The molecule has 1 spiro atoms. The summed E-state index contributed by atoms with van der Waals surface area (Å²) in [5, 5.41) is 0. The second kappa shape index (κ2) is 5.18. The minimum Gasteiger partial charge on any atom is -0.299 e. The van der Waals surface area contributed by atoms with Gasteiger partial charge in [-0.2, -0.15) is 0 Å². The minimum absolute atomic E-state index is 0.689. The molecule has 0 aromatic rings. The smallest absolute Gasteiger partial charge is 0.0227 e. The highest BCUT2D eigenvalue weighted by molar-refractivity contribution is 5.16. The van der Waals surface area contributed by atoms with Crippen LogP contribution in [0.4, 0.5) is 0 Å². The summed E-state index contributed by atoms with van der Waals surface area (Å²) in [6.45, 7) is 9.87. The third-order valence-electron chi connectivity index (χ3n) is 4.26. The van der Waals surface area contributed by atoms with E-state index < -0.39 is 0 Å². The van der Waals surface area contributed by atoms with Crippen LogP contribution in [0.25, 0.3) is 0 Å². The minimum atomic E-state index is 0.689. The highest BCUT2D eigenvalue weighted by Crippen LogP contribution is 2.43. The number of nitrogens with zero attached hydrogens (tertiary/aromatic N) is 1. The number of allylic oxidation sites excluding steroid dienone is 1. The van der Waals surface area contributed by atoms with Crippen molar-refractivity contribution in [1.29, 1.82) is 0 Å². The first-order valence-corrected chi connectivity index (χ1v) is 6.77. The lowest BCUT2D eigenvalue weighted by Crippen LogP contribution is -2.30. The molecule has 0 radical (unpaired) electrons. The van der Waals surface area contributed by atoms with Crippen molar-refractivity contribution in [3.63, 3.8) is 0 Å². The fourth-order valence-electron chi connectivity index (χ4n) is 3.45. The van der Waals surface area contributed by atoms with Gasteiger partial charge >= 0.3 is 0 Å². The first-order valence-electron chi connectivity index (χ1n) is 6.77. The Labute approximate surface area is 100 Å². The fourth-order valence-corrected chi connectivity index (χ4v) is 3.45. The summed E-state index contributed by atoms with van der Waals surface area (Å²) in [4.78, 5) is 2.60. The van der Waals surface area contributed by atoms with Crippen LogP contribution in [0.15, 0.2) is 24.3 Å². The Kier molecular flexibility index (Phi) is 3.86. The average Bonchev–Trinajstić information content (AvgIpc) is 2.63. The molecule has 1 saturated heterocycles. The van der Waals surface area contributed by atoms with Gasteiger partial charge in [-0.1, -0.05) is 38.0 Å². The van der Waals surface area contributed by atoms with Crippen LogP contribution in [0.3, 0.4) is 0 Å². The monoisotopic (exact) mass is 219 g/mol. The lowest BCUT2D eigenvalue weighted by Gasteiger charge is -2.33. The van der Waals surface area contributed by atoms with Crippen molar-refractivity contribution in [1.82, 2.24) is 4.90 Å². The van der Waals surface area contributed by atoms with Crippen LogP contribution in [0.5, 0.6) is 0 Å². The zero-order valence-corrected chi connectivity index (χ0v) is 10.7. The molecule has 0 aromatic heterocycles. The molecule has 2 rings (SSSR count).